The highest BCUT2D eigenvalue weighted by atomic mass is 35.5. The topological polar surface area (TPSA) is 24.9 Å². The summed E-state index contributed by atoms with van der Waals surface area (Å²) in [6.07, 6.45) is 4.92. The Balaban J connectivity index is 1.98. The van der Waals surface area contributed by atoms with Crippen molar-refractivity contribution in [3.05, 3.63) is 44.1 Å². The number of halogens is 1. The number of anilines is 1. The number of nitrogens with one attached hydrogen (secondary N) is 1. The second kappa shape index (κ2) is 8.52. The Hall–Kier alpha value is -1.10. The molecule has 134 valence electrons. The van der Waals surface area contributed by atoms with Crippen LogP contribution in [-0.2, 0) is 6.54 Å². The average Bonchev–Trinajstić information content (AvgIpc) is 3.21. The number of rotatable bonds is 8. The Bertz CT molecular complexity index is 818. The van der Waals surface area contributed by atoms with Crippen LogP contribution in [0, 0.1) is 6.92 Å². The third-order valence-corrected chi connectivity index (χ3v) is 7.10. The third kappa shape index (κ3) is 4.18. The Morgan fingerprint density at radius 2 is 2.00 bits per heavy atom. The number of fused-ring (bicyclic) bond motifs is 1. The number of hydrogen-bond acceptors (Lipinski definition) is 4. The highest BCUT2D eigenvalue weighted by Gasteiger charge is 2.20. The van der Waals surface area contributed by atoms with Gasteiger partial charge in [0.1, 0.15) is 5.15 Å². The van der Waals surface area contributed by atoms with Crippen molar-refractivity contribution in [3.63, 3.8) is 0 Å². The molecule has 0 radical (unpaired) electrons. The standard InChI is InChI=1S/C20H25ClN2S2/c1-4-7-14(8-5-2)19-13(3)18-20(25-19)16(11-17(21)23-18)22-12-15-9-6-10-24-15/h6,9-11,14H,4-5,7-8,12H2,1-3H3,(H,22,23). The monoisotopic (exact) mass is 392 g/mol. The van der Waals surface area contributed by atoms with Gasteiger partial charge in [0, 0.05) is 22.4 Å². The lowest BCUT2D eigenvalue weighted by molar-refractivity contribution is 0.567. The summed E-state index contributed by atoms with van der Waals surface area (Å²) in [7, 11) is 0. The van der Waals surface area contributed by atoms with E-state index >= 15 is 0 Å². The minimum absolute atomic E-state index is 0.566. The fraction of sp³-hybridized carbons (Fsp3) is 0.450. The summed E-state index contributed by atoms with van der Waals surface area (Å²) in [5.41, 5.74) is 3.49. The van der Waals surface area contributed by atoms with Crippen LogP contribution < -0.4 is 5.32 Å². The van der Waals surface area contributed by atoms with Crippen LogP contribution in [0.1, 0.15) is 60.8 Å². The van der Waals surface area contributed by atoms with Crippen molar-refractivity contribution in [3.8, 4) is 0 Å². The zero-order chi connectivity index (χ0) is 17.8. The van der Waals surface area contributed by atoms with E-state index in [-0.39, 0.29) is 0 Å². The third-order valence-electron chi connectivity index (χ3n) is 4.56. The summed E-state index contributed by atoms with van der Waals surface area (Å²) < 4.78 is 1.24. The molecule has 25 heavy (non-hydrogen) atoms. The van der Waals surface area contributed by atoms with Crippen molar-refractivity contribution >= 4 is 50.2 Å². The van der Waals surface area contributed by atoms with Gasteiger partial charge in [0.05, 0.1) is 15.9 Å². The molecule has 5 heteroatoms. The van der Waals surface area contributed by atoms with Gasteiger partial charge in [-0.15, -0.1) is 22.7 Å². The lowest BCUT2D eigenvalue weighted by Crippen LogP contribution is -1.98. The van der Waals surface area contributed by atoms with Gasteiger partial charge in [-0.3, -0.25) is 0 Å². The van der Waals surface area contributed by atoms with E-state index in [2.05, 4.69) is 48.6 Å². The van der Waals surface area contributed by atoms with E-state index in [0.29, 0.717) is 11.1 Å². The van der Waals surface area contributed by atoms with Crippen molar-refractivity contribution in [2.24, 2.45) is 0 Å². The van der Waals surface area contributed by atoms with E-state index in [1.165, 1.54) is 45.7 Å². The Morgan fingerprint density at radius 1 is 1.24 bits per heavy atom. The molecule has 0 unspecified atom stereocenters. The molecule has 0 aliphatic heterocycles. The molecule has 0 saturated heterocycles. The number of pyridine rings is 1. The molecular formula is C20H25ClN2S2. The van der Waals surface area contributed by atoms with Crippen LogP contribution in [0.2, 0.25) is 5.15 Å². The number of thiophene rings is 2. The maximum absolute atomic E-state index is 6.32. The summed E-state index contributed by atoms with van der Waals surface area (Å²) in [5, 5.41) is 6.25. The van der Waals surface area contributed by atoms with Crippen LogP contribution in [0.25, 0.3) is 10.2 Å². The smallest absolute Gasteiger partial charge is 0.131 e. The molecule has 0 fully saturated rings. The molecule has 0 aliphatic carbocycles. The fourth-order valence-corrected chi connectivity index (χ4v) is 5.63. The number of nitrogens with zero attached hydrogens (tertiary/aromatic N) is 1. The molecule has 0 aromatic carbocycles. The first-order valence-electron chi connectivity index (χ1n) is 8.99. The Labute approximate surface area is 163 Å². The summed E-state index contributed by atoms with van der Waals surface area (Å²) in [6.45, 7) is 7.58. The maximum atomic E-state index is 6.32. The summed E-state index contributed by atoms with van der Waals surface area (Å²) in [5.74, 6) is 0.637. The maximum Gasteiger partial charge on any atom is 0.131 e. The molecule has 0 atom stereocenters. The first kappa shape index (κ1) is 18.7. The van der Waals surface area contributed by atoms with E-state index in [9.17, 15) is 0 Å². The van der Waals surface area contributed by atoms with E-state index in [1.807, 2.05) is 17.4 Å². The second-order valence-corrected chi connectivity index (χ2v) is 8.94. The molecule has 2 nitrogen and oxygen atoms in total. The van der Waals surface area contributed by atoms with Gasteiger partial charge in [0.2, 0.25) is 0 Å². The molecular weight excluding hydrogens is 368 g/mol. The molecule has 0 amide bonds. The van der Waals surface area contributed by atoms with Crippen molar-refractivity contribution in [1.82, 2.24) is 4.98 Å². The van der Waals surface area contributed by atoms with Crippen LogP contribution >= 0.6 is 34.3 Å². The first-order chi connectivity index (χ1) is 12.1. The molecule has 3 aromatic heterocycles. The van der Waals surface area contributed by atoms with Crippen molar-refractivity contribution < 1.29 is 0 Å². The molecule has 0 aliphatic rings. The first-order valence-corrected chi connectivity index (χ1v) is 11.1. The predicted octanol–water partition coefficient (Wildman–Crippen LogP) is 7.62. The largest absolute Gasteiger partial charge is 0.379 e. The van der Waals surface area contributed by atoms with E-state index < -0.39 is 0 Å². The number of aromatic nitrogens is 1. The molecule has 3 heterocycles. The van der Waals surface area contributed by atoms with Gasteiger partial charge >= 0.3 is 0 Å². The molecule has 3 aromatic rings. The lowest BCUT2D eigenvalue weighted by Gasteiger charge is -2.14. The lowest BCUT2D eigenvalue weighted by atomic mass is 9.94. The highest BCUT2D eigenvalue weighted by molar-refractivity contribution is 7.20. The summed E-state index contributed by atoms with van der Waals surface area (Å²) in [4.78, 5) is 7.46. The van der Waals surface area contributed by atoms with Gasteiger partial charge in [-0.2, -0.15) is 0 Å². The highest BCUT2D eigenvalue weighted by Crippen LogP contribution is 2.42. The summed E-state index contributed by atoms with van der Waals surface area (Å²) in [6, 6.07) is 6.21. The van der Waals surface area contributed by atoms with E-state index in [4.69, 9.17) is 11.6 Å². The minimum atomic E-state index is 0.566. The molecule has 1 N–H and O–H groups in total. The van der Waals surface area contributed by atoms with Crippen LogP contribution in [0.15, 0.2) is 23.6 Å². The normalized spacial score (nSPS) is 11.6. The van der Waals surface area contributed by atoms with Gasteiger partial charge < -0.3 is 5.32 Å². The van der Waals surface area contributed by atoms with Gasteiger partial charge in [-0.25, -0.2) is 4.98 Å². The summed E-state index contributed by atoms with van der Waals surface area (Å²) >= 11 is 10.00. The zero-order valence-corrected chi connectivity index (χ0v) is 17.5. The quantitative estimate of drug-likeness (QED) is 0.399. The predicted molar refractivity (Wildman–Crippen MR) is 114 cm³/mol. The van der Waals surface area contributed by atoms with Crippen LogP contribution in [0.3, 0.4) is 0 Å². The Morgan fingerprint density at radius 3 is 2.64 bits per heavy atom. The average molecular weight is 393 g/mol. The van der Waals surface area contributed by atoms with E-state index in [1.54, 1.807) is 11.3 Å². The van der Waals surface area contributed by atoms with Crippen LogP contribution in [-0.4, -0.2) is 4.98 Å². The van der Waals surface area contributed by atoms with Crippen molar-refractivity contribution in [2.45, 2.75) is 58.9 Å². The van der Waals surface area contributed by atoms with Crippen molar-refractivity contribution in [2.75, 3.05) is 5.32 Å². The Kier molecular flexibility index (Phi) is 6.37. The zero-order valence-electron chi connectivity index (χ0n) is 15.1. The van der Waals surface area contributed by atoms with Gasteiger partial charge in [-0.05, 0) is 42.7 Å². The van der Waals surface area contributed by atoms with Gasteiger partial charge in [0.15, 0.2) is 0 Å². The SMILES string of the molecule is CCCC(CCC)c1sc2c(NCc3cccs3)cc(Cl)nc2c1C. The molecule has 0 saturated carbocycles. The van der Waals surface area contributed by atoms with Crippen LogP contribution in [0.4, 0.5) is 5.69 Å². The van der Waals surface area contributed by atoms with Crippen molar-refractivity contribution in [1.29, 1.82) is 0 Å². The molecule has 0 spiro atoms. The number of hydrogen-bond donors (Lipinski definition) is 1. The van der Waals surface area contributed by atoms with E-state index in [0.717, 1.165) is 17.7 Å². The number of aryl methyl sites for hydroxylation is 1. The molecule has 3 rings (SSSR count). The molecule has 0 bridgehead atoms. The van der Waals surface area contributed by atoms with Gasteiger partial charge in [-0.1, -0.05) is 44.4 Å². The fourth-order valence-electron chi connectivity index (χ4n) is 3.38. The second-order valence-electron chi connectivity index (χ2n) is 6.47. The van der Waals surface area contributed by atoms with Gasteiger partial charge in [0.25, 0.3) is 0 Å². The van der Waals surface area contributed by atoms with Crippen LogP contribution in [0.5, 0.6) is 0 Å². The minimum Gasteiger partial charge on any atom is -0.379 e.